The molecule has 9 nitrogen and oxygen atoms in total. The molecule has 12 heteroatoms. The highest BCUT2D eigenvalue weighted by Gasteiger charge is 2.30. The van der Waals surface area contributed by atoms with E-state index in [1.165, 1.54) is 12.1 Å². The Morgan fingerprint density at radius 3 is 2.59 bits per heavy atom. The van der Waals surface area contributed by atoms with Gasteiger partial charge >= 0.3 is 6.18 Å². The number of aromatic nitrogens is 4. The van der Waals surface area contributed by atoms with Crippen LogP contribution in [0, 0.1) is 0 Å². The lowest BCUT2D eigenvalue weighted by Crippen LogP contribution is -2.14. The Balaban J connectivity index is 1.48. The fraction of sp³-hybridized carbons (Fsp3) is 0.182. The number of halogens is 3. The third-order valence-corrected chi connectivity index (χ3v) is 4.69. The molecule has 0 bridgehead atoms. The van der Waals surface area contributed by atoms with Crippen molar-refractivity contribution < 1.29 is 27.4 Å². The van der Waals surface area contributed by atoms with Crippen LogP contribution in [0.2, 0.25) is 0 Å². The fourth-order valence-corrected chi connectivity index (χ4v) is 3.07. The first-order valence-corrected chi connectivity index (χ1v) is 10.0. The summed E-state index contributed by atoms with van der Waals surface area (Å²) in [5.41, 5.74) is -0.154. The third kappa shape index (κ3) is 5.23. The van der Waals surface area contributed by atoms with E-state index >= 15 is 0 Å². The van der Waals surface area contributed by atoms with E-state index in [4.69, 9.17) is 9.47 Å². The molecule has 3 N–H and O–H groups in total. The minimum Gasteiger partial charge on any atom is -0.456 e. The number of nitrogens with one attached hydrogen (secondary N) is 3. The quantitative estimate of drug-likeness (QED) is 0.324. The van der Waals surface area contributed by atoms with Crippen LogP contribution in [0.1, 0.15) is 15.9 Å². The smallest absolute Gasteiger partial charge is 0.416 e. The fourth-order valence-electron chi connectivity index (χ4n) is 3.07. The number of ether oxygens (including phenoxy) is 2. The average Bonchev–Trinajstić information content (AvgIpc) is 3.23. The molecule has 0 unspecified atom stereocenters. The van der Waals surface area contributed by atoms with Crippen molar-refractivity contribution in [2.45, 2.75) is 6.18 Å². The predicted octanol–water partition coefficient (Wildman–Crippen LogP) is 4.47. The van der Waals surface area contributed by atoms with Gasteiger partial charge in [-0.1, -0.05) is 0 Å². The van der Waals surface area contributed by atoms with Crippen LogP contribution in [0.15, 0.2) is 54.9 Å². The third-order valence-electron chi connectivity index (χ3n) is 4.69. The number of pyridine rings is 2. The van der Waals surface area contributed by atoms with Crippen molar-refractivity contribution in [3.8, 4) is 11.5 Å². The molecule has 0 atom stereocenters. The van der Waals surface area contributed by atoms with Crippen molar-refractivity contribution in [1.82, 2.24) is 20.2 Å². The number of amides is 1. The van der Waals surface area contributed by atoms with Gasteiger partial charge in [0.05, 0.1) is 12.2 Å². The van der Waals surface area contributed by atoms with Crippen molar-refractivity contribution in [2.75, 3.05) is 30.9 Å². The van der Waals surface area contributed by atoms with Crippen molar-refractivity contribution >= 4 is 28.6 Å². The number of aromatic amines is 1. The maximum atomic E-state index is 12.9. The second-order valence-electron chi connectivity index (χ2n) is 7.03. The molecular weight excluding hydrogens is 453 g/mol. The number of carbonyl (C=O) groups excluding carboxylic acids is 1. The number of nitrogens with zero attached hydrogens (tertiary/aromatic N) is 3. The number of benzene rings is 1. The van der Waals surface area contributed by atoms with E-state index < -0.39 is 17.6 Å². The van der Waals surface area contributed by atoms with Crippen LogP contribution >= 0.6 is 0 Å². The number of carbonyl (C=O) groups is 1. The number of fused-ring (bicyclic) bond motifs is 1. The molecule has 0 fully saturated rings. The van der Waals surface area contributed by atoms with Crippen LogP contribution in [-0.2, 0) is 10.9 Å². The van der Waals surface area contributed by atoms with Gasteiger partial charge in [-0.15, -0.1) is 0 Å². The molecule has 3 heterocycles. The number of methoxy groups -OCH3 is 1. The summed E-state index contributed by atoms with van der Waals surface area (Å²) in [6.07, 6.45) is -1.98. The molecule has 0 aliphatic heterocycles. The topological polar surface area (TPSA) is 114 Å². The van der Waals surface area contributed by atoms with Crippen LogP contribution in [0.5, 0.6) is 11.5 Å². The van der Waals surface area contributed by atoms with Crippen molar-refractivity contribution in [1.29, 1.82) is 0 Å². The number of hydrogen-bond acceptors (Lipinski definition) is 7. The summed E-state index contributed by atoms with van der Waals surface area (Å²) in [7, 11) is 1.60. The van der Waals surface area contributed by atoms with Crippen LogP contribution < -0.4 is 15.4 Å². The zero-order chi connectivity index (χ0) is 24.1. The Morgan fingerprint density at radius 1 is 1.09 bits per heavy atom. The van der Waals surface area contributed by atoms with E-state index in [9.17, 15) is 18.0 Å². The molecule has 34 heavy (non-hydrogen) atoms. The van der Waals surface area contributed by atoms with Gasteiger partial charge in [-0.05, 0) is 36.4 Å². The molecular formula is C22H19F3N6O3. The van der Waals surface area contributed by atoms with Gasteiger partial charge in [0, 0.05) is 37.7 Å². The van der Waals surface area contributed by atoms with Gasteiger partial charge in [0.1, 0.15) is 22.7 Å². The van der Waals surface area contributed by atoms with Crippen LogP contribution in [0.3, 0.4) is 0 Å². The highest BCUT2D eigenvalue weighted by atomic mass is 19.4. The Bertz CT molecular complexity index is 1290. The second-order valence-corrected chi connectivity index (χ2v) is 7.03. The summed E-state index contributed by atoms with van der Waals surface area (Å²) in [4.78, 5) is 20.4. The molecule has 4 aromatic rings. The summed E-state index contributed by atoms with van der Waals surface area (Å²) in [5.74, 6) is 0.672. The minimum absolute atomic E-state index is 0.201. The molecule has 0 spiro atoms. The molecule has 1 amide bonds. The summed E-state index contributed by atoms with van der Waals surface area (Å²) in [6, 6.07) is 9.40. The number of alkyl halides is 3. The first kappa shape index (κ1) is 23.0. The van der Waals surface area contributed by atoms with Crippen molar-refractivity contribution in [3.05, 3.63) is 66.0 Å². The maximum Gasteiger partial charge on any atom is 0.416 e. The van der Waals surface area contributed by atoms with Gasteiger partial charge in [-0.2, -0.15) is 18.3 Å². The van der Waals surface area contributed by atoms with E-state index in [0.717, 1.165) is 18.3 Å². The Hall–Kier alpha value is -4.19. The summed E-state index contributed by atoms with van der Waals surface area (Å²) in [5, 5.41) is 13.2. The molecule has 0 saturated heterocycles. The van der Waals surface area contributed by atoms with E-state index in [-0.39, 0.29) is 11.4 Å². The van der Waals surface area contributed by atoms with Gasteiger partial charge in [-0.3, -0.25) is 9.89 Å². The standard InChI is InChI=1S/C22H19F3N6O3/c1-33-11-10-28-20-18-16(7-9-27-19(18)30-31-20)34-15-4-2-13(3-5-15)21(32)29-17-12-14(6-8-26-17)22(23,24)25/h2-9,12H,10-11H2,1H3,(H,26,29,32)(H2,27,28,30,31). The lowest BCUT2D eigenvalue weighted by molar-refractivity contribution is -0.137. The zero-order valence-corrected chi connectivity index (χ0v) is 17.8. The molecule has 0 saturated carbocycles. The molecule has 0 aliphatic carbocycles. The maximum absolute atomic E-state index is 12.9. The summed E-state index contributed by atoms with van der Waals surface area (Å²) < 4.78 is 49.6. The highest BCUT2D eigenvalue weighted by Crippen LogP contribution is 2.33. The van der Waals surface area contributed by atoms with Crippen molar-refractivity contribution in [2.24, 2.45) is 0 Å². The van der Waals surface area contributed by atoms with Gasteiger partial charge < -0.3 is 20.1 Å². The Labute approximate surface area is 191 Å². The van der Waals surface area contributed by atoms with Gasteiger partial charge in [0.2, 0.25) is 0 Å². The van der Waals surface area contributed by atoms with Gasteiger partial charge in [-0.25, -0.2) is 9.97 Å². The van der Waals surface area contributed by atoms with E-state index in [1.807, 2.05) is 0 Å². The number of anilines is 2. The zero-order valence-electron chi connectivity index (χ0n) is 17.8. The Morgan fingerprint density at radius 2 is 1.85 bits per heavy atom. The number of H-pyrrole nitrogens is 1. The summed E-state index contributed by atoms with van der Waals surface area (Å²) in [6.45, 7) is 1.03. The number of hydrogen-bond donors (Lipinski definition) is 3. The van der Waals surface area contributed by atoms with Crippen LogP contribution in [0.25, 0.3) is 11.0 Å². The Kier molecular flexibility index (Phi) is 6.59. The van der Waals surface area contributed by atoms with Crippen LogP contribution in [-0.4, -0.2) is 46.3 Å². The summed E-state index contributed by atoms with van der Waals surface area (Å²) >= 11 is 0. The SMILES string of the molecule is COCCNc1n[nH]c2nccc(Oc3ccc(C(=O)Nc4cc(C(F)(F)F)ccn4)cc3)c12. The second kappa shape index (κ2) is 9.75. The molecule has 0 radical (unpaired) electrons. The van der Waals surface area contributed by atoms with E-state index in [2.05, 4.69) is 30.8 Å². The average molecular weight is 472 g/mol. The largest absolute Gasteiger partial charge is 0.456 e. The normalized spacial score (nSPS) is 11.4. The van der Waals surface area contributed by atoms with E-state index in [0.29, 0.717) is 41.5 Å². The molecule has 0 aliphatic rings. The molecule has 1 aromatic carbocycles. The molecule has 176 valence electrons. The lowest BCUT2D eigenvalue weighted by Gasteiger charge is -2.10. The van der Waals surface area contributed by atoms with Crippen LogP contribution in [0.4, 0.5) is 24.8 Å². The first-order valence-electron chi connectivity index (χ1n) is 10.0. The monoisotopic (exact) mass is 472 g/mol. The highest BCUT2D eigenvalue weighted by molar-refractivity contribution is 6.03. The molecule has 4 rings (SSSR count). The van der Waals surface area contributed by atoms with Crippen molar-refractivity contribution in [3.63, 3.8) is 0 Å². The minimum atomic E-state index is -4.53. The van der Waals surface area contributed by atoms with Gasteiger partial charge in [0.25, 0.3) is 5.91 Å². The first-order chi connectivity index (χ1) is 16.3. The molecule has 3 aromatic heterocycles. The lowest BCUT2D eigenvalue weighted by atomic mass is 10.2. The van der Waals surface area contributed by atoms with Gasteiger partial charge in [0.15, 0.2) is 11.5 Å². The number of rotatable bonds is 8. The predicted molar refractivity (Wildman–Crippen MR) is 118 cm³/mol. The van der Waals surface area contributed by atoms with E-state index in [1.54, 1.807) is 31.5 Å².